The molecule has 0 aromatic carbocycles. The number of fused-ring (bicyclic) bond motifs is 4. The summed E-state index contributed by atoms with van der Waals surface area (Å²) in [5.41, 5.74) is -0.592. The second kappa shape index (κ2) is 26.0. The molecular formula is C43H52F2N8O10S. The number of pyridine rings is 2. The molecule has 6 amide bonds. The highest BCUT2D eigenvalue weighted by Gasteiger charge is 2.27. The monoisotopic (exact) mass is 910 g/mol. The van der Waals surface area contributed by atoms with Crippen LogP contribution in [0.4, 0.5) is 8.78 Å². The number of ether oxygens (including phenoxy) is 2. The van der Waals surface area contributed by atoms with E-state index in [9.17, 15) is 47.1 Å². The zero-order chi connectivity index (χ0) is 47.3. The number of amides is 6. The number of esters is 2. The Bertz CT molecular complexity index is 2050. The van der Waals surface area contributed by atoms with E-state index >= 15 is 0 Å². The molecule has 4 heterocycles. The van der Waals surface area contributed by atoms with E-state index in [4.69, 9.17) is 9.47 Å². The summed E-state index contributed by atoms with van der Waals surface area (Å²) < 4.78 is 38.8. The highest BCUT2D eigenvalue weighted by Crippen LogP contribution is 2.12. The predicted octanol–water partition coefficient (Wildman–Crippen LogP) is 2.81. The van der Waals surface area contributed by atoms with Gasteiger partial charge in [-0.15, -0.1) is 0 Å². The highest BCUT2D eigenvalue weighted by atomic mass is 32.1. The molecule has 344 valence electrons. The number of hydrogen-bond donors (Lipinski definition) is 7. The number of carbonyl (C=O) groups is 8. The Morgan fingerprint density at radius 3 is 1.44 bits per heavy atom. The van der Waals surface area contributed by atoms with Crippen LogP contribution in [0.25, 0.3) is 0 Å². The number of nitrogens with zero attached hydrogens (tertiary/aromatic N) is 2. The van der Waals surface area contributed by atoms with Crippen molar-refractivity contribution in [3.05, 3.63) is 107 Å². The zero-order valence-corrected chi connectivity index (χ0v) is 36.8. The molecule has 0 spiro atoms. The third kappa shape index (κ3) is 17.2. The molecule has 2 aliphatic rings. The minimum Gasteiger partial charge on any atom is -0.456 e. The number of nitrogens with one attached hydrogen (secondary N) is 6. The second-order valence-electron chi connectivity index (χ2n) is 14.1. The standard InChI is InChI=1S/C22H27FN4O5.C21H25FN4O5S/c1-4-6-7-8-16-11-19(28)24-12-15-9-14(23)10-18(26-15)21(30)27-17(5-2)20(29)25-13(3)22(31)32-16;1-3-16-19(28)24-12(2)21(30)31-15(6-4-5-7-32)10-18(27)23-11-14-8-13(22)9-17(25-14)20(29)26-16/h5,7-10,13,16H,4,6,11-12H2,1-3H3,(H,24,28)(H,25,29)(H,27,30);3-4,6,8-9,12,15,32H,5,7,10-11H2,1-2H3,(H,23,27)(H,24,28)(H,26,29)/b8-7+,17-5-;6-4+,16-3-/t13-,16+;12-,15+/m00/s1. The van der Waals surface area contributed by atoms with E-state index in [0.717, 1.165) is 37.1 Å². The maximum Gasteiger partial charge on any atom is 0.328 e. The molecular weight excluding hydrogens is 859 g/mol. The van der Waals surface area contributed by atoms with Crippen molar-refractivity contribution in [2.24, 2.45) is 0 Å². The third-order valence-electron chi connectivity index (χ3n) is 8.81. The molecule has 2 aromatic rings. The number of aromatic nitrogens is 2. The van der Waals surface area contributed by atoms with E-state index in [1.165, 1.54) is 39.8 Å². The van der Waals surface area contributed by atoms with Gasteiger partial charge in [-0.2, -0.15) is 12.6 Å². The van der Waals surface area contributed by atoms with Crippen LogP contribution in [0.15, 0.2) is 72.1 Å². The molecule has 4 rings (SSSR count). The van der Waals surface area contributed by atoms with Crippen molar-refractivity contribution in [2.75, 3.05) is 5.75 Å². The summed E-state index contributed by atoms with van der Waals surface area (Å²) in [6.07, 6.45) is 9.51. The van der Waals surface area contributed by atoms with Gasteiger partial charge in [-0.3, -0.25) is 28.8 Å². The lowest BCUT2D eigenvalue weighted by Crippen LogP contribution is -2.44. The summed E-state index contributed by atoms with van der Waals surface area (Å²) in [5.74, 6) is -6.41. The van der Waals surface area contributed by atoms with Crippen LogP contribution in [-0.2, 0) is 51.3 Å². The average Bonchev–Trinajstić information content (AvgIpc) is 3.24. The summed E-state index contributed by atoms with van der Waals surface area (Å²) in [6, 6.07) is 1.89. The van der Waals surface area contributed by atoms with Crippen LogP contribution in [0.2, 0.25) is 0 Å². The Hall–Kier alpha value is -6.77. The van der Waals surface area contributed by atoms with Gasteiger partial charge in [0.25, 0.3) is 23.6 Å². The minimum absolute atomic E-state index is 0.106. The Morgan fingerprint density at radius 2 is 1.06 bits per heavy atom. The van der Waals surface area contributed by atoms with E-state index in [0.29, 0.717) is 12.2 Å². The lowest BCUT2D eigenvalue weighted by molar-refractivity contribution is -0.152. The largest absolute Gasteiger partial charge is 0.456 e. The number of rotatable bonds is 6. The number of thiol groups is 1. The fourth-order valence-corrected chi connectivity index (χ4v) is 5.65. The van der Waals surface area contributed by atoms with Crippen molar-refractivity contribution in [3.63, 3.8) is 0 Å². The van der Waals surface area contributed by atoms with Gasteiger partial charge < -0.3 is 41.4 Å². The maximum atomic E-state index is 14.0. The molecule has 0 aliphatic carbocycles. The molecule has 6 N–H and O–H groups in total. The number of halogens is 2. The van der Waals surface area contributed by atoms with E-state index in [2.05, 4.69) is 54.5 Å². The van der Waals surface area contributed by atoms with Crippen LogP contribution in [0.3, 0.4) is 0 Å². The Kier molecular flexibility index (Phi) is 20.9. The Labute approximate surface area is 374 Å². The van der Waals surface area contributed by atoms with E-state index in [1.807, 2.05) is 6.92 Å². The molecule has 0 fully saturated rings. The van der Waals surface area contributed by atoms with Crippen LogP contribution < -0.4 is 31.9 Å². The van der Waals surface area contributed by atoms with Crippen LogP contribution in [0.5, 0.6) is 0 Å². The lowest BCUT2D eigenvalue weighted by Gasteiger charge is -2.19. The fraction of sp³-hybridized carbons (Fsp3) is 0.395. The van der Waals surface area contributed by atoms with Gasteiger partial charge in [-0.05, 0) is 70.6 Å². The number of cyclic esters (lactones) is 2. The number of hydrogen-bond acceptors (Lipinski definition) is 13. The van der Waals surface area contributed by atoms with Crippen molar-refractivity contribution in [1.29, 1.82) is 0 Å². The first-order valence-corrected chi connectivity index (χ1v) is 20.9. The molecule has 0 radical (unpaired) electrons. The summed E-state index contributed by atoms with van der Waals surface area (Å²) in [5, 5.41) is 14.7. The smallest absolute Gasteiger partial charge is 0.328 e. The van der Waals surface area contributed by atoms with Gasteiger partial charge in [-0.25, -0.2) is 28.3 Å². The van der Waals surface area contributed by atoms with Crippen LogP contribution in [0.1, 0.15) is 99.1 Å². The van der Waals surface area contributed by atoms with E-state index in [-0.39, 0.29) is 60.1 Å². The molecule has 2 aromatic heterocycles. The number of allylic oxidation sites excluding steroid dienone is 4. The molecule has 4 bridgehead atoms. The van der Waals surface area contributed by atoms with Crippen LogP contribution >= 0.6 is 12.6 Å². The number of carbonyl (C=O) groups excluding carboxylic acids is 8. The topological polar surface area (TPSA) is 253 Å². The SMILES string of the molecule is C/C=C1\NC(=O)c2cc(F)cc(n2)CNC(=O)C[C@@H](/C=C/CCC)OC(=O)[C@H](C)NC1=O.C/C=C1\NC(=O)c2cc(F)cc(n2)CNC(=O)C[C@@H](/C=C/CCS)OC(=O)[C@H](C)NC1=O. The van der Waals surface area contributed by atoms with E-state index < -0.39 is 83.3 Å². The molecule has 0 unspecified atom stereocenters. The van der Waals surface area contributed by atoms with Gasteiger partial charge in [0.2, 0.25) is 11.8 Å². The van der Waals surface area contributed by atoms with Gasteiger partial charge in [0.05, 0.1) is 37.3 Å². The number of unbranched alkanes of at least 4 members (excludes halogenated alkanes) is 1. The first kappa shape index (κ1) is 51.6. The lowest BCUT2D eigenvalue weighted by atomic mass is 10.2. The first-order chi connectivity index (χ1) is 30.5. The molecule has 0 saturated heterocycles. The first-order valence-electron chi connectivity index (χ1n) is 20.2. The van der Waals surface area contributed by atoms with Gasteiger partial charge in [0.15, 0.2) is 0 Å². The Morgan fingerprint density at radius 1 is 0.656 bits per heavy atom. The maximum absolute atomic E-state index is 14.0. The van der Waals surface area contributed by atoms with Crippen LogP contribution in [0, 0.1) is 11.6 Å². The normalized spacial score (nSPS) is 22.3. The van der Waals surface area contributed by atoms with Crippen molar-refractivity contribution in [3.8, 4) is 0 Å². The summed E-state index contributed by atoms with van der Waals surface area (Å²) in [7, 11) is 0. The van der Waals surface area contributed by atoms with Crippen molar-refractivity contribution >= 4 is 60.0 Å². The third-order valence-corrected chi connectivity index (χ3v) is 9.07. The predicted molar refractivity (Wildman–Crippen MR) is 230 cm³/mol. The van der Waals surface area contributed by atoms with Gasteiger partial charge in [0.1, 0.15) is 58.7 Å². The zero-order valence-electron chi connectivity index (χ0n) is 35.9. The summed E-state index contributed by atoms with van der Waals surface area (Å²) >= 11 is 4.11. The average molecular weight is 911 g/mol. The van der Waals surface area contributed by atoms with Gasteiger partial charge in [-0.1, -0.05) is 37.6 Å². The molecule has 0 saturated carbocycles. The minimum atomic E-state index is -1.06. The fourth-order valence-electron chi connectivity index (χ4n) is 5.50. The quantitative estimate of drug-likeness (QED) is 0.0957. The van der Waals surface area contributed by atoms with E-state index in [1.54, 1.807) is 24.3 Å². The molecule has 21 heteroatoms. The summed E-state index contributed by atoms with van der Waals surface area (Å²) in [6.45, 7) is 7.56. The van der Waals surface area contributed by atoms with Gasteiger partial charge in [0, 0.05) is 12.1 Å². The molecule has 64 heavy (non-hydrogen) atoms. The van der Waals surface area contributed by atoms with Crippen molar-refractivity contribution in [2.45, 2.75) is 104 Å². The summed E-state index contributed by atoms with van der Waals surface area (Å²) in [4.78, 5) is 108. The van der Waals surface area contributed by atoms with Crippen molar-refractivity contribution < 1.29 is 56.6 Å². The highest BCUT2D eigenvalue weighted by molar-refractivity contribution is 7.80. The molecule has 4 atom stereocenters. The second-order valence-corrected chi connectivity index (χ2v) is 14.5. The molecule has 2 aliphatic heterocycles. The van der Waals surface area contributed by atoms with Crippen molar-refractivity contribution in [1.82, 2.24) is 41.9 Å². The molecule has 18 nitrogen and oxygen atoms in total. The van der Waals surface area contributed by atoms with Gasteiger partial charge >= 0.3 is 11.9 Å². The Balaban J connectivity index is 0.000000340. The van der Waals surface area contributed by atoms with Crippen LogP contribution in [-0.4, -0.2) is 87.4 Å².